The van der Waals surface area contributed by atoms with E-state index < -0.39 is 0 Å². The van der Waals surface area contributed by atoms with Gasteiger partial charge in [0.2, 0.25) is 0 Å². The van der Waals surface area contributed by atoms with E-state index in [9.17, 15) is 4.79 Å². The van der Waals surface area contributed by atoms with E-state index in [4.69, 9.17) is 11.6 Å². The molecular weight excluding hydrogens is 476 g/mol. The van der Waals surface area contributed by atoms with Crippen LogP contribution in [0.1, 0.15) is 35.3 Å². The van der Waals surface area contributed by atoms with Gasteiger partial charge in [0.1, 0.15) is 5.82 Å². The number of rotatable bonds is 4. The second-order valence-electron chi connectivity index (χ2n) is 7.50. The van der Waals surface area contributed by atoms with Crippen LogP contribution in [0, 0.1) is 20.8 Å². The highest BCUT2D eigenvalue weighted by Gasteiger charge is 2.13. The molecule has 7 heteroatoms. The summed E-state index contributed by atoms with van der Waals surface area (Å²) in [4.78, 5) is 17.7. The van der Waals surface area contributed by atoms with Crippen molar-refractivity contribution < 1.29 is 0 Å². The minimum absolute atomic E-state index is 0.182. The van der Waals surface area contributed by atoms with Crippen molar-refractivity contribution in [2.45, 2.75) is 34.1 Å². The summed E-state index contributed by atoms with van der Waals surface area (Å²) in [6.45, 7) is 8.11. The summed E-state index contributed by atoms with van der Waals surface area (Å²) in [5.74, 6) is 0.621. The van der Waals surface area contributed by atoms with E-state index in [1.54, 1.807) is 12.3 Å². The van der Waals surface area contributed by atoms with E-state index in [0.29, 0.717) is 28.2 Å². The largest absolute Gasteiger partial charge is 0.318 e. The van der Waals surface area contributed by atoms with Crippen LogP contribution < -0.4 is 5.56 Å². The van der Waals surface area contributed by atoms with E-state index >= 15 is 0 Å². The van der Waals surface area contributed by atoms with E-state index in [2.05, 4.69) is 43.6 Å². The zero-order valence-corrected chi connectivity index (χ0v) is 20.1. The normalized spacial score (nSPS) is 11.7. The highest BCUT2D eigenvalue weighted by molar-refractivity contribution is 9.10. The van der Waals surface area contributed by atoms with E-state index in [-0.39, 0.29) is 5.56 Å². The molecular formula is C24H22BrClN4O. The lowest BCUT2D eigenvalue weighted by Crippen LogP contribution is -2.22. The second kappa shape index (κ2) is 8.44. The first-order valence-corrected chi connectivity index (χ1v) is 11.2. The molecule has 0 unspecified atom stereocenters. The molecule has 31 heavy (non-hydrogen) atoms. The zero-order chi connectivity index (χ0) is 22.3. The summed E-state index contributed by atoms with van der Waals surface area (Å²) in [6.07, 6.45) is 2.32. The second-order valence-corrected chi connectivity index (χ2v) is 8.85. The number of fused-ring (bicyclic) bond motifs is 1. The number of halogens is 2. The van der Waals surface area contributed by atoms with Crippen LogP contribution in [0.15, 0.2) is 56.8 Å². The molecule has 0 atom stereocenters. The summed E-state index contributed by atoms with van der Waals surface area (Å²) in [5.41, 5.74) is 5.67. The molecule has 0 aliphatic rings. The topological polar surface area (TPSA) is 52.2 Å². The molecule has 2 aromatic carbocycles. The standard InChI is InChI=1S/C24H22BrClN4O/c1-5-23-28-21-9-7-18(25)11-20(21)24(31)30(23)27-13-17-10-15(3)29(16(17)4)22-12-19(26)8-6-14(22)2/h6-13H,5H2,1-4H3. The average Bonchev–Trinajstić information content (AvgIpc) is 3.02. The Morgan fingerprint density at radius 2 is 1.90 bits per heavy atom. The number of nitrogens with zero attached hydrogens (tertiary/aromatic N) is 4. The molecule has 0 aliphatic heterocycles. The molecule has 4 aromatic rings. The zero-order valence-electron chi connectivity index (χ0n) is 17.8. The average molecular weight is 498 g/mol. The summed E-state index contributed by atoms with van der Waals surface area (Å²) in [5, 5.41) is 5.76. The summed E-state index contributed by atoms with van der Waals surface area (Å²) in [6, 6.07) is 13.4. The third-order valence-corrected chi connectivity index (χ3v) is 6.11. The van der Waals surface area contributed by atoms with Crippen LogP contribution in [0.5, 0.6) is 0 Å². The number of hydrogen-bond acceptors (Lipinski definition) is 3. The van der Waals surface area contributed by atoms with Gasteiger partial charge in [-0.15, -0.1) is 0 Å². The fourth-order valence-corrected chi connectivity index (χ4v) is 4.30. The molecule has 2 aromatic heterocycles. The van der Waals surface area contributed by atoms with E-state index in [1.807, 2.05) is 51.1 Å². The minimum atomic E-state index is -0.182. The van der Waals surface area contributed by atoms with Gasteiger partial charge in [-0.3, -0.25) is 4.79 Å². The fourth-order valence-electron chi connectivity index (χ4n) is 3.78. The van der Waals surface area contributed by atoms with E-state index in [0.717, 1.165) is 32.7 Å². The lowest BCUT2D eigenvalue weighted by atomic mass is 10.2. The molecule has 4 rings (SSSR count). The molecule has 0 saturated carbocycles. The highest BCUT2D eigenvalue weighted by atomic mass is 79.9. The predicted octanol–water partition coefficient (Wildman–Crippen LogP) is 5.97. The Hall–Kier alpha value is -2.70. The molecule has 158 valence electrons. The van der Waals surface area contributed by atoms with Gasteiger partial charge in [0.25, 0.3) is 5.56 Å². The third kappa shape index (κ3) is 3.98. The van der Waals surface area contributed by atoms with Crippen LogP contribution in [-0.2, 0) is 6.42 Å². The molecule has 0 saturated heterocycles. The van der Waals surface area contributed by atoms with Crippen LogP contribution in [0.25, 0.3) is 16.6 Å². The summed E-state index contributed by atoms with van der Waals surface area (Å²) in [7, 11) is 0. The molecule has 0 N–H and O–H groups in total. The Balaban J connectivity index is 1.83. The molecule has 0 fully saturated rings. The number of aryl methyl sites for hydroxylation is 3. The van der Waals surface area contributed by atoms with Crippen LogP contribution in [0.4, 0.5) is 0 Å². The van der Waals surface area contributed by atoms with E-state index in [1.165, 1.54) is 4.68 Å². The number of hydrogen-bond donors (Lipinski definition) is 0. The van der Waals surface area contributed by atoms with Crippen molar-refractivity contribution in [2.24, 2.45) is 5.10 Å². The quantitative estimate of drug-likeness (QED) is 0.326. The molecule has 0 radical (unpaired) electrons. The first-order valence-electron chi connectivity index (χ1n) is 10.0. The van der Waals surface area contributed by atoms with Gasteiger partial charge >= 0.3 is 0 Å². The van der Waals surface area contributed by atoms with Crippen LogP contribution in [0.3, 0.4) is 0 Å². The van der Waals surface area contributed by atoms with Crippen LogP contribution in [-0.4, -0.2) is 20.4 Å². The molecule has 0 bridgehead atoms. The molecule has 0 amide bonds. The minimum Gasteiger partial charge on any atom is -0.318 e. The fraction of sp³-hybridized carbons (Fsp3) is 0.208. The van der Waals surface area contributed by atoms with Gasteiger partial charge in [-0.1, -0.05) is 40.5 Å². The maximum Gasteiger partial charge on any atom is 0.282 e. The number of benzene rings is 2. The lowest BCUT2D eigenvalue weighted by molar-refractivity contribution is 0.734. The van der Waals surface area contributed by atoms with Crippen LogP contribution in [0.2, 0.25) is 5.02 Å². The maximum atomic E-state index is 13.1. The summed E-state index contributed by atoms with van der Waals surface area (Å²) >= 11 is 9.67. The highest BCUT2D eigenvalue weighted by Crippen LogP contribution is 2.25. The number of aromatic nitrogens is 3. The van der Waals surface area contributed by atoms with Gasteiger partial charge in [0.15, 0.2) is 0 Å². The first kappa shape index (κ1) is 21.5. The van der Waals surface area contributed by atoms with Gasteiger partial charge in [-0.05, 0) is 62.7 Å². The van der Waals surface area contributed by atoms with Gasteiger partial charge in [0, 0.05) is 38.6 Å². The Kier molecular flexibility index (Phi) is 5.86. The van der Waals surface area contributed by atoms with Crippen molar-refractivity contribution >= 4 is 44.6 Å². The van der Waals surface area contributed by atoms with Crippen molar-refractivity contribution in [1.82, 2.24) is 14.2 Å². The SMILES string of the molecule is CCc1nc2ccc(Br)cc2c(=O)n1N=Cc1cc(C)n(-c2cc(Cl)ccc2C)c1C. The third-order valence-electron chi connectivity index (χ3n) is 5.39. The predicted molar refractivity (Wildman–Crippen MR) is 131 cm³/mol. The summed E-state index contributed by atoms with van der Waals surface area (Å²) < 4.78 is 4.38. The van der Waals surface area contributed by atoms with Crippen LogP contribution >= 0.6 is 27.5 Å². The Morgan fingerprint density at radius 1 is 1.13 bits per heavy atom. The van der Waals surface area contributed by atoms with Crippen molar-refractivity contribution in [3.8, 4) is 5.69 Å². The van der Waals surface area contributed by atoms with Crippen molar-refractivity contribution in [3.05, 3.63) is 90.7 Å². The van der Waals surface area contributed by atoms with Gasteiger partial charge in [-0.25, -0.2) is 4.98 Å². The van der Waals surface area contributed by atoms with Crippen molar-refractivity contribution in [2.75, 3.05) is 0 Å². The lowest BCUT2D eigenvalue weighted by Gasteiger charge is -2.13. The molecule has 2 heterocycles. The van der Waals surface area contributed by atoms with Gasteiger partial charge < -0.3 is 4.57 Å². The smallest absolute Gasteiger partial charge is 0.282 e. The first-order chi connectivity index (χ1) is 14.8. The molecule has 0 spiro atoms. The molecule has 5 nitrogen and oxygen atoms in total. The monoisotopic (exact) mass is 496 g/mol. The molecule has 0 aliphatic carbocycles. The Bertz CT molecular complexity index is 1400. The maximum absolute atomic E-state index is 13.1. The van der Waals surface area contributed by atoms with Gasteiger partial charge in [0.05, 0.1) is 17.1 Å². The van der Waals surface area contributed by atoms with Crippen molar-refractivity contribution in [1.29, 1.82) is 0 Å². The Morgan fingerprint density at radius 3 is 2.65 bits per heavy atom. The van der Waals surface area contributed by atoms with Gasteiger partial charge in [-0.2, -0.15) is 9.78 Å². The van der Waals surface area contributed by atoms with Crippen molar-refractivity contribution in [3.63, 3.8) is 0 Å². The Labute approximate surface area is 194 Å².